The molecule has 0 saturated heterocycles. The number of hydrogen-bond donors (Lipinski definition) is 0. The first-order valence-electron chi connectivity index (χ1n) is 21.4. The monoisotopic (exact) mass is 984 g/mol. The minimum atomic E-state index is -1.70. The van der Waals surface area contributed by atoms with Crippen molar-refractivity contribution in [1.82, 2.24) is 0 Å². The molecule has 15 heteroatoms. The first kappa shape index (κ1) is 51.6. The molecule has 68 heavy (non-hydrogen) atoms. The summed E-state index contributed by atoms with van der Waals surface area (Å²) in [6, 6.07) is 34.0. The van der Waals surface area contributed by atoms with Crippen molar-refractivity contribution in [2.45, 2.75) is 22.4 Å². The van der Waals surface area contributed by atoms with Crippen LogP contribution < -0.4 is 56.8 Å². The van der Waals surface area contributed by atoms with E-state index in [1.165, 1.54) is 0 Å². The van der Waals surface area contributed by atoms with Gasteiger partial charge in [-0.1, -0.05) is 43.3 Å². The first-order chi connectivity index (χ1) is 32.8. The predicted octanol–water partition coefficient (Wildman–Crippen LogP) is 10.6. The van der Waals surface area contributed by atoms with Crippen LogP contribution in [0.15, 0.2) is 109 Å². The van der Waals surface area contributed by atoms with E-state index >= 15 is 0 Å². The van der Waals surface area contributed by atoms with Crippen molar-refractivity contribution >= 4 is 27.7 Å². The lowest BCUT2D eigenvalue weighted by molar-refractivity contribution is 0.119. The van der Waals surface area contributed by atoms with Gasteiger partial charge in [-0.15, -0.1) is 27.7 Å². The van der Waals surface area contributed by atoms with E-state index < -0.39 is 20.9 Å². The van der Waals surface area contributed by atoms with Gasteiger partial charge in [0, 0.05) is 5.41 Å². The lowest BCUT2D eigenvalue weighted by Crippen LogP contribution is -2.62. The molecule has 0 bridgehead atoms. The maximum atomic E-state index is 6.52. The normalized spacial score (nSPS) is 11.8. The molecule has 0 saturated carbocycles. The van der Waals surface area contributed by atoms with Crippen LogP contribution in [0.2, 0.25) is 0 Å². The summed E-state index contributed by atoms with van der Waals surface area (Å²) in [7, 11) is 29.4. The summed E-state index contributed by atoms with van der Waals surface area (Å²) in [6.07, 6.45) is 0. The molecule has 0 aliphatic carbocycles. The first-order valence-corrected chi connectivity index (χ1v) is 23.2. The molecule has 0 amide bonds. The van der Waals surface area contributed by atoms with Crippen LogP contribution in [0.25, 0.3) is 0 Å². The second-order valence-electron chi connectivity index (χ2n) is 15.8. The van der Waals surface area contributed by atoms with Gasteiger partial charge in [0.15, 0.2) is 0 Å². The molecular formula is C53H63O12P3. The van der Waals surface area contributed by atoms with Gasteiger partial charge in [-0.25, -0.2) is 0 Å². The summed E-state index contributed by atoms with van der Waals surface area (Å²) in [5.41, 5.74) is 1.65. The van der Waals surface area contributed by atoms with Crippen molar-refractivity contribution in [2.24, 2.45) is 5.41 Å². The molecule has 0 aliphatic heterocycles. The SMILES string of the molecule is COc1cccc(OC)c1C(P)(c1c(OC)cccc1OC)C(C)(C(P)(c1c(OC)cccc1OC)c1c(OC)cccc1OC)C(P)(c1c(OC)cccc1OC)c1c(OC)cccc1OC. The summed E-state index contributed by atoms with van der Waals surface area (Å²) in [6.45, 7) is 2.16. The Morgan fingerprint density at radius 3 is 0.426 bits per heavy atom. The molecule has 6 aromatic rings. The fraction of sp³-hybridized carbons (Fsp3) is 0.321. The molecule has 6 aromatic carbocycles. The second kappa shape index (κ2) is 21.2. The average molecular weight is 985 g/mol. The predicted molar refractivity (Wildman–Crippen MR) is 277 cm³/mol. The van der Waals surface area contributed by atoms with Gasteiger partial charge in [-0.05, 0) is 72.8 Å². The second-order valence-corrected chi connectivity index (χ2v) is 18.4. The summed E-state index contributed by atoms with van der Waals surface area (Å²) in [5, 5.41) is -4.95. The molecule has 0 N–H and O–H groups in total. The molecule has 0 aliphatic rings. The Morgan fingerprint density at radius 2 is 0.338 bits per heavy atom. The maximum Gasteiger partial charge on any atom is 0.127 e. The highest BCUT2D eigenvalue weighted by Gasteiger charge is 2.74. The number of methoxy groups -OCH3 is 12. The summed E-state index contributed by atoms with van der Waals surface area (Å²) in [4.78, 5) is 0. The van der Waals surface area contributed by atoms with Crippen molar-refractivity contribution in [3.63, 3.8) is 0 Å². The van der Waals surface area contributed by atoms with Crippen molar-refractivity contribution < 1.29 is 56.8 Å². The van der Waals surface area contributed by atoms with E-state index in [9.17, 15) is 0 Å². The third-order valence-corrected chi connectivity index (χ3v) is 16.8. The zero-order valence-electron chi connectivity index (χ0n) is 41.0. The van der Waals surface area contributed by atoms with Gasteiger partial charge >= 0.3 is 0 Å². The summed E-state index contributed by atoms with van der Waals surface area (Å²) in [5.74, 6) is 5.46. The lowest BCUT2D eigenvalue weighted by Gasteiger charge is -2.65. The van der Waals surface area contributed by atoms with Gasteiger partial charge in [0.1, 0.15) is 69.0 Å². The van der Waals surface area contributed by atoms with Crippen LogP contribution in [-0.4, -0.2) is 85.3 Å². The number of rotatable bonds is 21. The fourth-order valence-corrected chi connectivity index (χ4v) is 13.8. The van der Waals surface area contributed by atoms with Gasteiger partial charge < -0.3 is 56.8 Å². The van der Waals surface area contributed by atoms with E-state index in [2.05, 4.69) is 34.6 Å². The van der Waals surface area contributed by atoms with Crippen molar-refractivity contribution in [1.29, 1.82) is 0 Å². The molecule has 3 atom stereocenters. The molecule has 3 unspecified atom stereocenters. The van der Waals surface area contributed by atoms with Crippen LogP contribution in [0.5, 0.6) is 69.0 Å². The Hall–Kier alpha value is -5.79. The topological polar surface area (TPSA) is 111 Å². The summed E-state index contributed by atoms with van der Waals surface area (Å²) >= 11 is 0. The number of hydrogen-bond acceptors (Lipinski definition) is 12. The van der Waals surface area contributed by atoms with Gasteiger partial charge in [-0.2, -0.15) is 0 Å². The van der Waals surface area contributed by atoms with Crippen LogP contribution in [-0.2, 0) is 15.5 Å². The lowest BCUT2D eigenvalue weighted by atomic mass is 9.49. The minimum absolute atomic E-state index is 0.455. The van der Waals surface area contributed by atoms with E-state index in [1.807, 2.05) is 109 Å². The Bertz CT molecular complexity index is 2130. The van der Waals surface area contributed by atoms with Gasteiger partial charge in [-0.3, -0.25) is 0 Å². The maximum absolute atomic E-state index is 6.52. The van der Waals surface area contributed by atoms with Crippen molar-refractivity contribution in [3.8, 4) is 69.0 Å². The number of ether oxygens (including phenoxy) is 12. The Labute approximate surface area is 407 Å². The zero-order valence-corrected chi connectivity index (χ0v) is 44.5. The van der Waals surface area contributed by atoms with Crippen LogP contribution in [0.1, 0.15) is 40.3 Å². The highest BCUT2D eigenvalue weighted by atomic mass is 31.0. The standard InChI is InChI=1S/C53H63O12P3/c1-50(51(66,44-32(54-2)20-14-21-33(44)55-3)45-34(56-4)22-15-23-35(45)57-5,52(67,46-36(58-6)24-16-25-37(46)59-7)47-38(60-8)26-17-27-39(47)61-9)53(68,48-40(62-10)28-18-29-41(48)63-11)49-42(64-12)30-19-31-43(49)65-13/h14-31H,66-68H2,1-13H3. The van der Waals surface area contributed by atoms with E-state index in [-0.39, 0.29) is 0 Å². The molecule has 362 valence electrons. The van der Waals surface area contributed by atoms with Crippen LogP contribution in [0.4, 0.5) is 0 Å². The highest BCUT2D eigenvalue weighted by Crippen LogP contribution is 2.81. The Balaban J connectivity index is 2.26. The quantitative estimate of drug-likeness (QED) is 0.0640. The largest absolute Gasteiger partial charge is 0.496 e. The third-order valence-electron chi connectivity index (χ3n) is 13.3. The number of benzene rings is 6. The van der Waals surface area contributed by atoms with Crippen LogP contribution in [0, 0.1) is 5.41 Å². The molecule has 6 rings (SSSR count). The smallest absolute Gasteiger partial charge is 0.127 e. The van der Waals surface area contributed by atoms with Crippen LogP contribution >= 0.6 is 27.7 Å². The minimum Gasteiger partial charge on any atom is -0.496 e. The van der Waals surface area contributed by atoms with Crippen molar-refractivity contribution in [2.75, 3.05) is 85.3 Å². The third kappa shape index (κ3) is 7.73. The molecule has 0 heterocycles. The van der Waals surface area contributed by atoms with E-state index in [0.29, 0.717) is 102 Å². The van der Waals surface area contributed by atoms with Crippen molar-refractivity contribution in [3.05, 3.63) is 143 Å². The van der Waals surface area contributed by atoms with E-state index in [0.717, 1.165) is 0 Å². The molecule has 0 aromatic heterocycles. The average Bonchev–Trinajstić information content (AvgIpc) is 3.40. The Morgan fingerprint density at radius 1 is 0.235 bits per heavy atom. The zero-order chi connectivity index (χ0) is 49.6. The van der Waals surface area contributed by atoms with Crippen LogP contribution in [0.3, 0.4) is 0 Å². The molecule has 0 radical (unpaired) electrons. The molecular weight excluding hydrogens is 921 g/mol. The molecule has 0 fully saturated rings. The van der Waals surface area contributed by atoms with Gasteiger partial charge in [0.05, 0.1) is 134 Å². The summed E-state index contributed by atoms with van der Waals surface area (Å²) < 4.78 is 78.2. The Kier molecular flexibility index (Phi) is 16.1. The van der Waals surface area contributed by atoms with Gasteiger partial charge in [0.25, 0.3) is 0 Å². The fourth-order valence-electron chi connectivity index (χ4n) is 10.2. The van der Waals surface area contributed by atoms with E-state index in [4.69, 9.17) is 56.8 Å². The highest BCUT2D eigenvalue weighted by molar-refractivity contribution is 7.22. The molecule has 12 nitrogen and oxygen atoms in total. The van der Waals surface area contributed by atoms with Gasteiger partial charge in [0.2, 0.25) is 0 Å². The van der Waals surface area contributed by atoms with E-state index in [1.54, 1.807) is 85.3 Å². The molecule has 0 spiro atoms.